The monoisotopic (exact) mass is 399 g/mol. The van der Waals surface area contributed by atoms with E-state index >= 15 is 0 Å². The Labute approximate surface area is 156 Å². The van der Waals surface area contributed by atoms with Gasteiger partial charge in [0, 0.05) is 18.7 Å². The van der Waals surface area contributed by atoms with Crippen LogP contribution in [-0.2, 0) is 16.4 Å². The average Bonchev–Trinajstić information content (AvgIpc) is 3.14. The van der Waals surface area contributed by atoms with Gasteiger partial charge in [0.2, 0.25) is 0 Å². The van der Waals surface area contributed by atoms with E-state index in [0.29, 0.717) is 18.1 Å². The molecule has 142 valence electrons. The van der Waals surface area contributed by atoms with Crippen molar-refractivity contribution in [2.24, 2.45) is 4.99 Å². The highest BCUT2D eigenvalue weighted by atomic mass is 32.2. The predicted molar refractivity (Wildman–Crippen MR) is 102 cm³/mol. The second kappa shape index (κ2) is 9.65. The van der Waals surface area contributed by atoms with Crippen molar-refractivity contribution in [1.29, 1.82) is 0 Å². The maximum atomic E-state index is 13.6. The Kier molecular flexibility index (Phi) is 7.55. The zero-order valence-electron chi connectivity index (χ0n) is 14.4. The van der Waals surface area contributed by atoms with E-state index in [1.807, 2.05) is 6.92 Å². The number of nitrogens with zero attached hydrogens (tertiary/aromatic N) is 1. The molecule has 1 atom stereocenters. The van der Waals surface area contributed by atoms with E-state index in [9.17, 15) is 17.9 Å². The van der Waals surface area contributed by atoms with Crippen LogP contribution in [0.25, 0.3) is 0 Å². The third kappa shape index (κ3) is 6.08. The van der Waals surface area contributed by atoms with Gasteiger partial charge in [-0.3, -0.25) is 0 Å². The number of guanidine groups is 1. The van der Waals surface area contributed by atoms with Crippen molar-refractivity contribution in [2.75, 3.05) is 18.8 Å². The zero-order chi connectivity index (χ0) is 19.0. The molecular formula is C17H22FN3O3S2. The molecular weight excluding hydrogens is 377 g/mol. The molecule has 1 aromatic heterocycles. The van der Waals surface area contributed by atoms with Crippen LogP contribution in [0.1, 0.15) is 12.5 Å². The van der Waals surface area contributed by atoms with E-state index in [1.54, 1.807) is 29.6 Å². The maximum Gasteiger partial charge on any atom is 0.191 e. The van der Waals surface area contributed by atoms with Crippen LogP contribution < -0.4 is 10.6 Å². The summed E-state index contributed by atoms with van der Waals surface area (Å²) in [5.74, 6) is -0.342. The van der Waals surface area contributed by atoms with Gasteiger partial charge in [-0.05, 0) is 24.4 Å². The molecule has 0 radical (unpaired) electrons. The molecule has 3 N–H and O–H groups in total. The van der Waals surface area contributed by atoms with Gasteiger partial charge in [0.15, 0.2) is 15.8 Å². The normalized spacial score (nSPS) is 13.4. The number of nitrogens with one attached hydrogen (secondary N) is 2. The van der Waals surface area contributed by atoms with Gasteiger partial charge in [-0.25, -0.2) is 17.8 Å². The Morgan fingerprint density at radius 3 is 2.69 bits per heavy atom. The van der Waals surface area contributed by atoms with Crippen LogP contribution in [0.15, 0.2) is 51.0 Å². The zero-order valence-corrected chi connectivity index (χ0v) is 16.0. The van der Waals surface area contributed by atoms with Gasteiger partial charge in [0.25, 0.3) is 0 Å². The fraction of sp³-hybridized carbons (Fsp3) is 0.353. The molecule has 0 amide bonds. The number of hydrogen-bond acceptors (Lipinski definition) is 5. The summed E-state index contributed by atoms with van der Waals surface area (Å²) in [5, 5.41) is 17.6. The van der Waals surface area contributed by atoms with Crippen LogP contribution in [0.3, 0.4) is 0 Å². The summed E-state index contributed by atoms with van der Waals surface area (Å²) in [4.78, 5) is 4.26. The molecule has 1 unspecified atom stereocenters. The van der Waals surface area contributed by atoms with Crippen molar-refractivity contribution in [3.8, 4) is 0 Å². The van der Waals surface area contributed by atoms with Crippen LogP contribution in [-0.4, -0.2) is 44.4 Å². The number of aliphatic hydroxyl groups is 1. The lowest BCUT2D eigenvalue weighted by Gasteiger charge is -2.15. The first-order chi connectivity index (χ1) is 12.4. The highest BCUT2D eigenvalue weighted by Gasteiger charge is 2.20. The van der Waals surface area contributed by atoms with Gasteiger partial charge in [-0.1, -0.05) is 24.3 Å². The minimum Gasteiger partial charge on any atom is -0.390 e. The first-order valence-electron chi connectivity index (χ1n) is 8.12. The molecule has 26 heavy (non-hydrogen) atoms. The number of hydrogen-bond donors (Lipinski definition) is 3. The predicted octanol–water partition coefficient (Wildman–Crippen LogP) is 1.78. The van der Waals surface area contributed by atoms with Gasteiger partial charge in [0.05, 0.1) is 18.4 Å². The number of thiophene rings is 1. The molecule has 6 nitrogen and oxygen atoms in total. The molecule has 0 fully saturated rings. The lowest BCUT2D eigenvalue weighted by atomic mass is 10.2. The standard InChI is InChI=1S/C17H22FN3O3S2/c1-2-19-17(20-10-13-6-3-4-7-15(13)18)21-11-14(22)12-26(23,24)16-8-5-9-25-16/h3-9,14,22H,2,10-12H2,1H3,(H2,19,20,21). The second-order valence-electron chi connectivity index (χ2n) is 5.53. The van der Waals surface area contributed by atoms with E-state index in [0.717, 1.165) is 11.3 Å². The van der Waals surface area contributed by atoms with Crippen LogP contribution >= 0.6 is 11.3 Å². The molecule has 2 rings (SSSR count). The molecule has 0 aliphatic heterocycles. The molecule has 0 aliphatic rings. The number of halogens is 1. The first kappa shape index (κ1) is 20.3. The third-order valence-electron chi connectivity index (χ3n) is 3.43. The van der Waals surface area contributed by atoms with E-state index in [4.69, 9.17) is 0 Å². The third-order valence-corrected chi connectivity index (χ3v) is 6.71. The minimum absolute atomic E-state index is 0.00765. The lowest BCUT2D eigenvalue weighted by molar-refractivity contribution is 0.200. The van der Waals surface area contributed by atoms with Crippen LogP contribution in [0.4, 0.5) is 4.39 Å². The fourth-order valence-corrected chi connectivity index (χ4v) is 4.66. The number of aliphatic imine (C=N–C) groups is 1. The Balaban J connectivity index is 1.93. The Morgan fingerprint density at radius 1 is 1.27 bits per heavy atom. The van der Waals surface area contributed by atoms with E-state index in [1.165, 1.54) is 12.1 Å². The summed E-state index contributed by atoms with van der Waals surface area (Å²) in [6.07, 6.45) is -1.10. The van der Waals surface area contributed by atoms with Gasteiger partial charge in [0.1, 0.15) is 10.0 Å². The van der Waals surface area contributed by atoms with Crippen LogP contribution in [0, 0.1) is 5.82 Å². The summed E-state index contributed by atoms with van der Waals surface area (Å²) in [6.45, 7) is 2.59. The highest BCUT2D eigenvalue weighted by molar-refractivity contribution is 7.93. The molecule has 0 saturated heterocycles. The van der Waals surface area contributed by atoms with Crippen molar-refractivity contribution < 1.29 is 17.9 Å². The number of aliphatic hydroxyl groups excluding tert-OH is 1. The highest BCUT2D eigenvalue weighted by Crippen LogP contribution is 2.18. The molecule has 1 heterocycles. The topological polar surface area (TPSA) is 90.8 Å². The maximum absolute atomic E-state index is 13.6. The fourth-order valence-electron chi connectivity index (χ4n) is 2.18. The first-order valence-corrected chi connectivity index (χ1v) is 10.7. The summed E-state index contributed by atoms with van der Waals surface area (Å²) in [5.41, 5.74) is 0.450. The van der Waals surface area contributed by atoms with Crippen LogP contribution in [0.5, 0.6) is 0 Å². The summed E-state index contributed by atoms with van der Waals surface area (Å²) < 4.78 is 38.2. The van der Waals surface area contributed by atoms with Gasteiger partial charge in [-0.15, -0.1) is 11.3 Å². The molecule has 0 spiro atoms. The van der Waals surface area contributed by atoms with Gasteiger partial charge < -0.3 is 15.7 Å². The number of rotatable bonds is 8. The SMILES string of the molecule is CCNC(=NCc1ccccc1F)NCC(O)CS(=O)(=O)c1cccs1. The average molecular weight is 400 g/mol. The second-order valence-corrected chi connectivity index (χ2v) is 8.74. The van der Waals surface area contributed by atoms with Crippen molar-refractivity contribution in [2.45, 2.75) is 23.8 Å². The van der Waals surface area contributed by atoms with E-state index in [2.05, 4.69) is 15.6 Å². The van der Waals surface area contributed by atoms with E-state index < -0.39 is 15.9 Å². The number of sulfone groups is 1. The summed E-state index contributed by atoms with van der Waals surface area (Å²) in [7, 11) is -3.52. The quantitative estimate of drug-likeness (QED) is 0.465. The van der Waals surface area contributed by atoms with Gasteiger partial charge in [-0.2, -0.15) is 0 Å². The lowest BCUT2D eigenvalue weighted by Crippen LogP contribution is -2.42. The Hall–Kier alpha value is -1.97. The summed E-state index contributed by atoms with van der Waals surface area (Å²) >= 11 is 1.12. The van der Waals surface area contributed by atoms with E-state index in [-0.39, 0.29) is 28.9 Å². The van der Waals surface area contributed by atoms with Crippen molar-refractivity contribution in [3.05, 3.63) is 53.2 Å². The van der Waals surface area contributed by atoms with Crippen molar-refractivity contribution in [3.63, 3.8) is 0 Å². The van der Waals surface area contributed by atoms with Crippen molar-refractivity contribution in [1.82, 2.24) is 10.6 Å². The molecule has 9 heteroatoms. The molecule has 2 aromatic rings. The number of benzene rings is 1. The Bertz CT molecular complexity index is 824. The molecule has 0 aliphatic carbocycles. The van der Waals surface area contributed by atoms with Crippen molar-refractivity contribution >= 4 is 27.1 Å². The van der Waals surface area contributed by atoms with Crippen LogP contribution in [0.2, 0.25) is 0 Å². The smallest absolute Gasteiger partial charge is 0.191 e. The summed E-state index contributed by atoms with van der Waals surface area (Å²) in [6, 6.07) is 9.51. The molecule has 0 saturated carbocycles. The molecule has 1 aromatic carbocycles. The molecule has 0 bridgehead atoms. The van der Waals surface area contributed by atoms with Gasteiger partial charge >= 0.3 is 0 Å². The largest absolute Gasteiger partial charge is 0.390 e. The Morgan fingerprint density at radius 2 is 2.04 bits per heavy atom. The minimum atomic E-state index is -3.52.